The van der Waals surface area contributed by atoms with Crippen LogP contribution in [0.1, 0.15) is 31.7 Å². The fourth-order valence-corrected chi connectivity index (χ4v) is 2.43. The van der Waals surface area contributed by atoms with Crippen LogP contribution in [0.25, 0.3) is 0 Å². The number of halogens is 1. The smallest absolute Gasteiger partial charge is 0.146 e. The minimum absolute atomic E-state index is 0.703. The highest BCUT2D eigenvalue weighted by Crippen LogP contribution is 2.22. The second-order valence-electron chi connectivity index (χ2n) is 4.41. The van der Waals surface area contributed by atoms with Gasteiger partial charge in [0.05, 0.1) is 6.54 Å². The first-order valence-corrected chi connectivity index (χ1v) is 7.42. The van der Waals surface area contributed by atoms with E-state index in [2.05, 4.69) is 63.4 Å². The first kappa shape index (κ1) is 14.1. The van der Waals surface area contributed by atoms with Gasteiger partial charge in [0.25, 0.3) is 0 Å². The molecule has 0 saturated heterocycles. The van der Waals surface area contributed by atoms with Crippen molar-refractivity contribution in [2.45, 2.75) is 39.8 Å². The lowest BCUT2D eigenvalue weighted by Gasteiger charge is -2.11. The summed E-state index contributed by atoms with van der Waals surface area (Å²) >= 11 is 3.50. The summed E-state index contributed by atoms with van der Waals surface area (Å²) in [6, 6.07) is 6.31. The van der Waals surface area contributed by atoms with Gasteiger partial charge in [0.2, 0.25) is 0 Å². The fourth-order valence-electron chi connectivity index (χ4n) is 2.03. The van der Waals surface area contributed by atoms with Crippen molar-refractivity contribution in [3.63, 3.8) is 0 Å². The summed E-state index contributed by atoms with van der Waals surface area (Å²) in [5.41, 5.74) is 2.47. The van der Waals surface area contributed by atoms with E-state index in [1.54, 1.807) is 6.33 Å². The predicted octanol–water partition coefficient (Wildman–Crippen LogP) is 3.63. The Morgan fingerprint density at radius 3 is 2.89 bits per heavy atom. The van der Waals surface area contributed by atoms with Crippen molar-refractivity contribution in [2.24, 2.45) is 0 Å². The van der Waals surface area contributed by atoms with E-state index in [1.807, 2.05) is 4.68 Å². The van der Waals surface area contributed by atoms with E-state index in [0.29, 0.717) is 6.54 Å². The Morgan fingerprint density at radius 1 is 1.32 bits per heavy atom. The number of anilines is 1. The van der Waals surface area contributed by atoms with Crippen molar-refractivity contribution in [1.29, 1.82) is 0 Å². The van der Waals surface area contributed by atoms with Gasteiger partial charge < -0.3 is 5.32 Å². The van der Waals surface area contributed by atoms with E-state index in [4.69, 9.17) is 0 Å². The second-order valence-corrected chi connectivity index (χ2v) is 5.32. The average Bonchev–Trinajstić information content (AvgIpc) is 2.85. The van der Waals surface area contributed by atoms with Crippen LogP contribution in [0.3, 0.4) is 0 Å². The lowest BCUT2D eigenvalue weighted by molar-refractivity contribution is 0.574. The zero-order chi connectivity index (χ0) is 13.7. The molecule has 1 aromatic heterocycles. The molecule has 0 radical (unpaired) electrons. The summed E-state index contributed by atoms with van der Waals surface area (Å²) in [6.45, 7) is 5.92. The van der Waals surface area contributed by atoms with Crippen molar-refractivity contribution in [3.8, 4) is 0 Å². The molecule has 0 atom stereocenters. The average molecular weight is 323 g/mol. The van der Waals surface area contributed by atoms with Gasteiger partial charge in [-0.25, -0.2) is 9.67 Å². The highest BCUT2D eigenvalue weighted by Gasteiger charge is 2.05. The number of aromatic nitrogens is 3. The van der Waals surface area contributed by atoms with E-state index in [9.17, 15) is 0 Å². The maximum absolute atomic E-state index is 4.30. The largest absolute Gasteiger partial charge is 0.378 e. The number of hydrogen-bond donors (Lipinski definition) is 1. The molecule has 2 aromatic rings. The molecule has 1 aromatic carbocycles. The Morgan fingerprint density at radius 2 is 2.16 bits per heavy atom. The predicted molar refractivity (Wildman–Crippen MR) is 81.2 cm³/mol. The molecule has 1 N–H and O–H groups in total. The van der Waals surface area contributed by atoms with Crippen molar-refractivity contribution < 1.29 is 0 Å². The summed E-state index contributed by atoms with van der Waals surface area (Å²) in [5.74, 6) is 0.979. The molecule has 2 rings (SSSR count). The molecule has 0 fully saturated rings. The van der Waals surface area contributed by atoms with Gasteiger partial charge in [0, 0.05) is 16.7 Å². The zero-order valence-corrected chi connectivity index (χ0v) is 12.9. The van der Waals surface area contributed by atoms with Crippen LogP contribution in [0, 0.1) is 0 Å². The first-order chi connectivity index (χ1) is 9.24. The lowest BCUT2D eigenvalue weighted by Crippen LogP contribution is -2.10. The van der Waals surface area contributed by atoms with Crippen LogP contribution in [-0.2, 0) is 19.5 Å². The molecule has 19 heavy (non-hydrogen) atoms. The van der Waals surface area contributed by atoms with Crippen LogP contribution in [0.15, 0.2) is 29.0 Å². The van der Waals surface area contributed by atoms with Gasteiger partial charge in [-0.3, -0.25) is 0 Å². The first-order valence-electron chi connectivity index (χ1n) is 6.63. The van der Waals surface area contributed by atoms with Gasteiger partial charge >= 0.3 is 0 Å². The van der Waals surface area contributed by atoms with Crippen LogP contribution in [0.4, 0.5) is 5.69 Å². The van der Waals surface area contributed by atoms with Crippen molar-refractivity contribution in [1.82, 2.24) is 14.8 Å². The van der Waals surface area contributed by atoms with E-state index in [-0.39, 0.29) is 0 Å². The van der Waals surface area contributed by atoms with E-state index < -0.39 is 0 Å². The minimum Gasteiger partial charge on any atom is -0.378 e. The molecule has 1 heterocycles. The molecule has 102 valence electrons. The lowest BCUT2D eigenvalue weighted by atomic mass is 10.1. The van der Waals surface area contributed by atoms with Crippen LogP contribution in [0.2, 0.25) is 0 Å². The summed E-state index contributed by atoms with van der Waals surface area (Å²) in [5, 5.41) is 7.68. The monoisotopic (exact) mass is 322 g/mol. The third kappa shape index (κ3) is 3.56. The molecule has 5 heteroatoms. The Hall–Kier alpha value is -1.36. The van der Waals surface area contributed by atoms with Gasteiger partial charge in [-0.05, 0) is 36.6 Å². The molecule has 4 nitrogen and oxygen atoms in total. The molecule has 0 bridgehead atoms. The standard InChI is InChI=1S/C14H19BrN4/c1-3-7-19-14(17-10-18-19)9-16-13-6-5-12(15)8-11(13)4-2/h5-6,8,10,16H,3-4,7,9H2,1-2H3. The third-order valence-corrected chi connectivity index (χ3v) is 3.51. The topological polar surface area (TPSA) is 42.7 Å². The zero-order valence-electron chi connectivity index (χ0n) is 11.4. The molecule has 0 spiro atoms. The van der Waals surface area contributed by atoms with Gasteiger partial charge in [0.15, 0.2) is 0 Å². The highest BCUT2D eigenvalue weighted by molar-refractivity contribution is 9.10. The second kappa shape index (κ2) is 6.70. The third-order valence-electron chi connectivity index (χ3n) is 3.02. The van der Waals surface area contributed by atoms with Crippen molar-refractivity contribution in [2.75, 3.05) is 5.32 Å². The van der Waals surface area contributed by atoms with E-state index in [0.717, 1.165) is 35.4 Å². The molecule has 0 aliphatic carbocycles. The Bertz CT molecular complexity index is 536. The minimum atomic E-state index is 0.703. The summed E-state index contributed by atoms with van der Waals surface area (Å²) in [6.07, 6.45) is 3.69. The number of rotatable bonds is 6. The molecular weight excluding hydrogens is 304 g/mol. The number of aryl methyl sites for hydroxylation is 2. The van der Waals surface area contributed by atoms with Crippen LogP contribution < -0.4 is 5.32 Å². The van der Waals surface area contributed by atoms with Crippen LogP contribution in [-0.4, -0.2) is 14.8 Å². The van der Waals surface area contributed by atoms with Gasteiger partial charge in [-0.15, -0.1) is 0 Å². The SMILES string of the molecule is CCCn1ncnc1CNc1ccc(Br)cc1CC. The van der Waals surface area contributed by atoms with Crippen LogP contribution in [0.5, 0.6) is 0 Å². The number of hydrogen-bond acceptors (Lipinski definition) is 3. The molecule has 0 unspecified atom stereocenters. The Kier molecular flexibility index (Phi) is 4.96. The van der Waals surface area contributed by atoms with Gasteiger partial charge in [-0.1, -0.05) is 29.8 Å². The molecular formula is C14H19BrN4. The van der Waals surface area contributed by atoms with Gasteiger partial charge in [0.1, 0.15) is 12.2 Å². The van der Waals surface area contributed by atoms with Crippen molar-refractivity contribution >= 4 is 21.6 Å². The number of nitrogens with one attached hydrogen (secondary N) is 1. The summed E-state index contributed by atoms with van der Waals surface area (Å²) in [4.78, 5) is 4.30. The molecule has 0 aliphatic rings. The normalized spacial score (nSPS) is 10.7. The maximum atomic E-state index is 4.30. The Balaban J connectivity index is 2.07. The van der Waals surface area contributed by atoms with Crippen molar-refractivity contribution in [3.05, 3.63) is 40.4 Å². The number of nitrogens with zero attached hydrogens (tertiary/aromatic N) is 3. The van der Waals surface area contributed by atoms with Crippen LogP contribution >= 0.6 is 15.9 Å². The maximum Gasteiger partial charge on any atom is 0.146 e. The van der Waals surface area contributed by atoms with E-state index in [1.165, 1.54) is 5.56 Å². The summed E-state index contributed by atoms with van der Waals surface area (Å²) < 4.78 is 3.07. The van der Waals surface area contributed by atoms with Gasteiger partial charge in [-0.2, -0.15) is 5.10 Å². The Labute approximate surface area is 122 Å². The highest BCUT2D eigenvalue weighted by atomic mass is 79.9. The molecule has 0 aliphatic heterocycles. The fraction of sp³-hybridized carbons (Fsp3) is 0.429. The molecule has 0 amide bonds. The summed E-state index contributed by atoms with van der Waals surface area (Å²) in [7, 11) is 0. The van der Waals surface area contributed by atoms with E-state index >= 15 is 0 Å². The molecule has 0 saturated carbocycles. The number of benzene rings is 1. The quantitative estimate of drug-likeness (QED) is 0.883.